The molecule has 1 aromatic carbocycles. The van der Waals surface area contributed by atoms with E-state index >= 15 is 0 Å². The second-order valence-electron chi connectivity index (χ2n) is 8.34. The molecule has 2 N–H and O–H groups in total. The number of hydrogen-bond donors (Lipinski definition) is 2. The Labute approximate surface area is 185 Å². The van der Waals surface area contributed by atoms with Gasteiger partial charge in [-0.15, -0.1) is 0 Å². The van der Waals surface area contributed by atoms with Crippen LogP contribution >= 0.6 is 0 Å². The van der Waals surface area contributed by atoms with Crippen molar-refractivity contribution in [3.05, 3.63) is 64.9 Å². The van der Waals surface area contributed by atoms with Gasteiger partial charge in [0.25, 0.3) is 0 Å². The fourth-order valence-electron chi connectivity index (χ4n) is 4.32. The van der Waals surface area contributed by atoms with E-state index in [9.17, 15) is 9.59 Å². The zero-order chi connectivity index (χ0) is 21.9. The molecule has 2 fully saturated rings. The lowest BCUT2D eigenvalue weighted by Gasteiger charge is -2.40. The number of rotatable bonds is 6. The summed E-state index contributed by atoms with van der Waals surface area (Å²) in [5.74, 6) is 1.37. The third kappa shape index (κ3) is 4.51. The number of hydrogen-bond acceptors (Lipinski definition) is 6. The van der Waals surface area contributed by atoms with Crippen LogP contribution in [0.15, 0.2) is 58.0 Å². The molecule has 9 heteroatoms. The lowest BCUT2D eigenvalue weighted by Crippen LogP contribution is -2.54. The van der Waals surface area contributed by atoms with Crippen molar-refractivity contribution >= 4 is 11.8 Å². The van der Waals surface area contributed by atoms with E-state index < -0.39 is 0 Å². The van der Waals surface area contributed by atoms with E-state index in [2.05, 4.69) is 25.3 Å². The molecule has 166 valence electrons. The summed E-state index contributed by atoms with van der Waals surface area (Å²) in [6.07, 6.45) is 5.46. The van der Waals surface area contributed by atoms with Gasteiger partial charge in [-0.25, -0.2) is 14.6 Å². The van der Waals surface area contributed by atoms with Crippen LogP contribution < -0.4 is 15.9 Å². The number of carbonyl (C=O) groups excluding carboxylic acids is 1. The van der Waals surface area contributed by atoms with E-state index in [0.717, 1.165) is 49.3 Å². The monoisotopic (exact) mass is 434 g/mol. The quantitative estimate of drug-likeness (QED) is 0.618. The summed E-state index contributed by atoms with van der Waals surface area (Å²) in [4.78, 5) is 35.4. The third-order valence-electron chi connectivity index (χ3n) is 6.01. The third-order valence-corrected chi connectivity index (χ3v) is 6.01. The molecule has 0 spiro atoms. The second-order valence-corrected chi connectivity index (χ2v) is 8.34. The number of nitrogens with one attached hydrogen (secondary N) is 2. The van der Waals surface area contributed by atoms with Crippen LogP contribution in [0.4, 0.5) is 10.6 Å². The smallest absolute Gasteiger partial charge is 0.346 e. The molecule has 9 nitrogen and oxygen atoms in total. The molecule has 1 aliphatic heterocycles. The maximum absolute atomic E-state index is 13.1. The van der Waals surface area contributed by atoms with Crippen LogP contribution in [0, 0.1) is 0 Å². The molecule has 0 radical (unpaired) electrons. The molecule has 1 saturated carbocycles. The van der Waals surface area contributed by atoms with Crippen molar-refractivity contribution in [1.82, 2.24) is 25.3 Å². The first-order valence-corrected chi connectivity index (χ1v) is 11.0. The first-order valence-electron chi connectivity index (χ1n) is 11.0. The number of aromatic amines is 1. The average Bonchev–Trinajstić information content (AvgIpc) is 3.54. The molecule has 1 unspecified atom stereocenters. The number of anilines is 1. The highest BCUT2D eigenvalue weighted by atomic mass is 16.5. The average molecular weight is 435 g/mol. The molecule has 3 aromatic rings. The van der Waals surface area contributed by atoms with Crippen LogP contribution in [0.25, 0.3) is 11.3 Å². The highest BCUT2D eigenvalue weighted by molar-refractivity contribution is 5.75. The summed E-state index contributed by atoms with van der Waals surface area (Å²) < 4.78 is 5.43. The first kappa shape index (κ1) is 20.3. The van der Waals surface area contributed by atoms with Crippen LogP contribution in [-0.4, -0.2) is 51.2 Å². The zero-order valence-electron chi connectivity index (χ0n) is 17.7. The van der Waals surface area contributed by atoms with Gasteiger partial charge >= 0.3 is 11.7 Å². The van der Waals surface area contributed by atoms with E-state index in [-0.39, 0.29) is 30.3 Å². The van der Waals surface area contributed by atoms with Crippen LogP contribution in [-0.2, 0) is 6.54 Å². The van der Waals surface area contributed by atoms with E-state index in [1.54, 1.807) is 6.07 Å². The predicted molar refractivity (Wildman–Crippen MR) is 119 cm³/mol. The van der Waals surface area contributed by atoms with Gasteiger partial charge in [-0.3, -0.25) is 4.98 Å². The zero-order valence-corrected chi connectivity index (χ0v) is 17.7. The summed E-state index contributed by atoms with van der Waals surface area (Å²) in [7, 11) is 0. The number of aromatic nitrogens is 3. The SMILES string of the molecule is O=C(NCc1cc(-c2ccccc2)no1)N(C1CC1)C1CCCN(c2ccnc(=O)[nH]2)C1. The Morgan fingerprint density at radius 2 is 2.03 bits per heavy atom. The molecular formula is C23H26N6O3. The highest BCUT2D eigenvalue weighted by Crippen LogP contribution is 2.32. The summed E-state index contributed by atoms with van der Waals surface area (Å²) in [5, 5.41) is 7.13. The van der Waals surface area contributed by atoms with E-state index in [1.165, 1.54) is 6.20 Å². The normalized spacial score (nSPS) is 18.4. The maximum atomic E-state index is 13.1. The number of nitrogens with zero attached hydrogens (tertiary/aromatic N) is 4. The number of benzene rings is 1. The Kier molecular flexibility index (Phi) is 5.62. The minimum absolute atomic E-state index is 0.0831. The number of amides is 2. The molecule has 0 bridgehead atoms. The molecule has 1 saturated heterocycles. The Bertz CT molecular complexity index is 1120. The Morgan fingerprint density at radius 3 is 2.81 bits per heavy atom. The largest absolute Gasteiger partial charge is 0.359 e. The number of H-pyrrole nitrogens is 1. The molecule has 1 aliphatic carbocycles. The Hall–Kier alpha value is -3.62. The fourth-order valence-corrected chi connectivity index (χ4v) is 4.32. The van der Waals surface area contributed by atoms with Gasteiger partial charge in [0, 0.05) is 37.0 Å². The topological polar surface area (TPSA) is 107 Å². The molecule has 2 aliphatic rings. The molecule has 1 atom stereocenters. The number of piperidine rings is 1. The van der Waals surface area contributed by atoms with Crippen molar-refractivity contribution in [2.24, 2.45) is 0 Å². The Morgan fingerprint density at radius 1 is 1.19 bits per heavy atom. The van der Waals surface area contributed by atoms with Gasteiger partial charge in [0.15, 0.2) is 5.76 Å². The van der Waals surface area contributed by atoms with Crippen molar-refractivity contribution in [3.8, 4) is 11.3 Å². The molecular weight excluding hydrogens is 408 g/mol. The molecule has 3 heterocycles. The summed E-state index contributed by atoms with van der Waals surface area (Å²) in [5.41, 5.74) is 1.37. The lowest BCUT2D eigenvalue weighted by molar-refractivity contribution is 0.159. The van der Waals surface area contributed by atoms with Gasteiger partial charge in [0.1, 0.15) is 11.5 Å². The van der Waals surface area contributed by atoms with E-state index in [1.807, 2.05) is 41.3 Å². The van der Waals surface area contributed by atoms with E-state index in [0.29, 0.717) is 12.3 Å². The molecule has 5 rings (SSSR count). The number of urea groups is 1. The first-order chi connectivity index (χ1) is 15.7. The minimum atomic E-state index is -0.358. The predicted octanol–water partition coefficient (Wildman–Crippen LogP) is 2.77. The number of carbonyl (C=O) groups is 1. The minimum Gasteiger partial charge on any atom is -0.359 e. The van der Waals surface area contributed by atoms with Crippen LogP contribution in [0.3, 0.4) is 0 Å². The van der Waals surface area contributed by atoms with Gasteiger partial charge in [-0.1, -0.05) is 35.5 Å². The molecule has 2 aromatic heterocycles. The van der Waals surface area contributed by atoms with Gasteiger partial charge < -0.3 is 19.6 Å². The lowest BCUT2D eigenvalue weighted by atomic mass is 10.0. The summed E-state index contributed by atoms with van der Waals surface area (Å²) in [6.45, 7) is 1.82. The van der Waals surface area contributed by atoms with Crippen molar-refractivity contribution < 1.29 is 9.32 Å². The van der Waals surface area contributed by atoms with Gasteiger partial charge in [-0.2, -0.15) is 0 Å². The van der Waals surface area contributed by atoms with Crippen LogP contribution in [0.5, 0.6) is 0 Å². The Balaban J connectivity index is 1.24. The summed E-state index contributed by atoms with van der Waals surface area (Å²) in [6, 6.07) is 13.7. The fraction of sp³-hybridized carbons (Fsp3) is 0.391. The highest BCUT2D eigenvalue weighted by Gasteiger charge is 2.39. The van der Waals surface area contributed by atoms with Crippen molar-refractivity contribution in [2.45, 2.75) is 44.3 Å². The van der Waals surface area contributed by atoms with Crippen LogP contribution in [0.2, 0.25) is 0 Å². The standard InChI is InChI=1S/C23H26N6O3/c30-22-24-11-10-21(26-22)28-12-4-7-18(15-28)29(17-8-9-17)23(31)25-14-19-13-20(27-32-19)16-5-2-1-3-6-16/h1-3,5-6,10-11,13,17-18H,4,7-9,12,14-15H2,(H,25,31)(H,24,26,30). The van der Waals surface area contributed by atoms with Crippen LogP contribution in [0.1, 0.15) is 31.4 Å². The maximum Gasteiger partial charge on any atom is 0.346 e. The van der Waals surface area contributed by atoms with Gasteiger partial charge in [0.2, 0.25) is 0 Å². The van der Waals surface area contributed by atoms with Crippen molar-refractivity contribution in [1.29, 1.82) is 0 Å². The van der Waals surface area contributed by atoms with Crippen molar-refractivity contribution in [3.63, 3.8) is 0 Å². The molecule has 32 heavy (non-hydrogen) atoms. The van der Waals surface area contributed by atoms with Gasteiger partial charge in [-0.05, 0) is 31.7 Å². The summed E-state index contributed by atoms with van der Waals surface area (Å²) >= 11 is 0. The second kappa shape index (κ2) is 8.86. The van der Waals surface area contributed by atoms with Crippen molar-refractivity contribution in [2.75, 3.05) is 18.0 Å². The van der Waals surface area contributed by atoms with Gasteiger partial charge in [0.05, 0.1) is 12.6 Å². The molecule has 2 amide bonds. The van der Waals surface area contributed by atoms with E-state index in [4.69, 9.17) is 4.52 Å².